The lowest BCUT2D eigenvalue weighted by Gasteiger charge is -2.71. The highest BCUT2D eigenvalue weighted by Gasteiger charge is 2.71. The number of hydrogen-bond acceptors (Lipinski definition) is 4. The minimum Gasteiger partial charge on any atom is -0.377 e. The number of carbonyl (C=O) groups excluding carboxylic acids is 3. The summed E-state index contributed by atoms with van der Waals surface area (Å²) in [6.45, 7) is 23.5. The quantitative estimate of drug-likeness (QED) is 0.387. The number of methoxy groups -OCH3 is 1. The fourth-order valence-electron chi connectivity index (χ4n) is 11.2. The van der Waals surface area contributed by atoms with Gasteiger partial charge in [-0.05, 0) is 83.9 Å². The van der Waals surface area contributed by atoms with Gasteiger partial charge in [0.25, 0.3) is 0 Å². The molecule has 0 spiro atoms. The molecule has 0 radical (unpaired) electrons. The van der Waals surface area contributed by atoms with E-state index in [0.717, 1.165) is 38.5 Å². The molecule has 5 nitrogen and oxygen atoms in total. The number of carbonyl (C=O) groups is 3. The second-order valence-corrected chi connectivity index (χ2v) is 15.6. The zero-order valence-electron chi connectivity index (χ0n) is 24.8. The fraction of sp³-hybridized carbons (Fsp3) is 0.818. The SMILES string of the molecule is [C-]#[N+]C1=C[C@]2(C)[C@H]3CC(=O)[C@@H]4[C@@H]5CC(C)(C)C[C@@H](C(=O)COC)C5CC[C@@]4(C)[C@]3(C)CC[C@H]2C(C)(C)C1=O. The van der Waals surface area contributed by atoms with E-state index in [1.807, 2.05) is 19.9 Å². The van der Waals surface area contributed by atoms with Crippen molar-refractivity contribution >= 4 is 17.3 Å². The molecule has 0 saturated heterocycles. The van der Waals surface area contributed by atoms with Crippen molar-refractivity contribution in [2.45, 2.75) is 93.4 Å². The largest absolute Gasteiger partial charge is 0.377 e. The first-order valence-electron chi connectivity index (χ1n) is 14.8. The third-order valence-corrected chi connectivity index (χ3v) is 13.0. The molecular weight excluding hydrogens is 474 g/mol. The molecule has 0 aliphatic heterocycles. The van der Waals surface area contributed by atoms with E-state index in [9.17, 15) is 14.4 Å². The highest BCUT2D eigenvalue weighted by Crippen LogP contribution is 2.74. The Morgan fingerprint density at radius 2 is 1.63 bits per heavy atom. The molecule has 0 aromatic heterocycles. The van der Waals surface area contributed by atoms with E-state index in [1.54, 1.807) is 7.11 Å². The van der Waals surface area contributed by atoms with Crippen molar-refractivity contribution in [2.24, 2.45) is 62.6 Å². The summed E-state index contributed by atoms with van der Waals surface area (Å²) in [5.74, 6) is 1.14. The summed E-state index contributed by atoms with van der Waals surface area (Å²) in [6, 6.07) is 0. The lowest BCUT2D eigenvalue weighted by molar-refractivity contribution is -0.214. The van der Waals surface area contributed by atoms with E-state index >= 15 is 0 Å². The molecule has 4 saturated carbocycles. The topological polar surface area (TPSA) is 64.8 Å². The van der Waals surface area contributed by atoms with Crippen LogP contribution in [0.2, 0.25) is 0 Å². The van der Waals surface area contributed by atoms with Crippen molar-refractivity contribution in [1.29, 1.82) is 0 Å². The predicted octanol–water partition coefficient (Wildman–Crippen LogP) is 6.71. The molecule has 9 atom stereocenters. The Morgan fingerprint density at radius 3 is 2.26 bits per heavy atom. The fourth-order valence-corrected chi connectivity index (χ4v) is 11.2. The first-order valence-corrected chi connectivity index (χ1v) is 14.8. The lowest BCUT2D eigenvalue weighted by Crippen LogP contribution is -2.68. The number of Topliss-reactive ketones (excluding diaryl/α,β-unsaturated/α-hetero) is 3. The number of hydrogen-bond donors (Lipinski definition) is 0. The predicted molar refractivity (Wildman–Crippen MR) is 147 cm³/mol. The molecule has 38 heavy (non-hydrogen) atoms. The summed E-state index contributed by atoms with van der Waals surface area (Å²) in [6.07, 6.45) is 8.24. The summed E-state index contributed by atoms with van der Waals surface area (Å²) in [7, 11) is 1.60. The molecule has 1 unspecified atom stereocenters. The van der Waals surface area contributed by atoms with Crippen molar-refractivity contribution in [2.75, 3.05) is 13.7 Å². The molecule has 4 fully saturated rings. The standard InChI is InChI=1S/C33H47NO4/c1-29(2)15-20(24(36)18-38-9)19-10-12-33(7)27(21(19)16-29)23(35)14-26-31(5)17-22(34-8)28(37)30(3,4)25(31)11-13-32(26,33)6/h17,19-21,25-27H,10-16,18H2,1-7,9H3/t19?,20-,21-,25+,26-,27+,31+,32-,33-/m1/s1. The Kier molecular flexibility index (Phi) is 6.28. The van der Waals surface area contributed by atoms with Crippen LogP contribution in [0.5, 0.6) is 0 Å². The third kappa shape index (κ3) is 3.54. The van der Waals surface area contributed by atoms with Crippen LogP contribution in [0.25, 0.3) is 4.85 Å². The Hall–Kier alpha value is -1.80. The highest BCUT2D eigenvalue weighted by atomic mass is 16.5. The van der Waals surface area contributed by atoms with Gasteiger partial charge in [0.05, 0.1) is 6.57 Å². The Balaban J connectivity index is 1.59. The zero-order chi connectivity index (χ0) is 28.1. The molecule has 0 aromatic rings. The molecule has 0 N–H and O–H groups in total. The van der Waals surface area contributed by atoms with Crippen molar-refractivity contribution in [3.8, 4) is 0 Å². The number of fused-ring (bicyclic) bond motifs is 7. The summed E-state index contributed by atoms with van der Waals surface area (Å²) in [5, 5.41) is 0. The number of allylic oxidation sites excluding steroid dienone is 2. The van der Waals surface area contributed by atoms with Crippen LogP contribution >= 0.6 is 0 Å². The van der Waals surface area contributed by atoms with Crippen molar-refractivity contribution in [1.82, 2.24) is 0 Å². The number of rotatable bonds is 3. The Labute approximate surface area is 229 Å². The average molecular weight is 522 g/mol. The molecule has 0 heterocycles. The number of ketones is 3. The van der Waals surface area contributed by atoms with Crippen LogP contribution in [0.3, 0.4) is 0 Å². The Bertz CT molecular complexity index is 1140. The van der Waals surface area contributed by atoms with Gasteiger partial charge in [0, 0.05) is 30.8 Å². The molecule has 0 bridgehead atoms. The monoisotopic (exact) mass is 521 g/mol. The van der Waals surface area contributed by atoms with Crippen molar-refractivity contribution in [3.63, 3.8) is 0 Å². The van der Waals surface area contributed by atoms with Gasteiger partial charge in [-0.1, -0.05) is 54.5 Å². The van der Waals surface area contributed by atoms with Gasteiger partial charge in [-0.3, -0.25) is 9.59 Å². The molecule has 5 aliphatic carbocycles. The second-order valence-electron chi connectivity index (χ2n) is 15.6. The first-order chi connectivity index (χ1) is 17.6. The van der Waals surface area contributed by atoms with E-state index in [1.165, 1.54) is 0 Å². The van der Waals surface area contributed by atoms with Gasteiger partial charge in [0.1, 0.15) is 12.4 Å². The maximum absolute atomic E-state index is 14.4. The van der Waals surface area contributed by atoms with Crippen LogP contribution in [0.15, 0.2) is 11.8 Å². The van der Waals surface area contributed by atoms with Crippen molar-refractivity contribution < 1.29 is 19.1 Å². The van der Waals surface area contributed by atoms with Crippen LogP contribution in [0, 0.1) is 69.2 Å². The first kappa shape index (κ1) is 27.8. The molecule has 0 amide bonds. The minimum absolute atomic E-state index is 0.0101. The highest BCUT2D eigenvalue weighted by molar-refractivity contribution is 6.02. The van der Waals surface area contributed by atoms with Crippen molar-refractivity contribution in [3.05, 3.63) is 23.2 Å². The summed E-state index contributed by atoms with van der Waals surface area (Å²) in [4.78, 5) is 44.6. The Morgan fingerprint density at radius 1 is 0.974 bits per heavy atom. The molecule has 5 rings (SSSR count). The maximum atomic E-state index is 14.4. The summed E-state index contributed by atoms with van der Waals surface area (Å²) in [5.41, 5.74) is -0.942. The molecule has 5 aliphatic rings. The van der Waals surface area contributed by atoms with E-state index in [0.29, 0.717) is 12.2 Å². The second kappa shape index (κ2) is 8.60. The normalized spacial score (nSPS) is 47.0. The zero-order valence-corrected chi connectivity index (χ0v) is 24.8. The molecule has 208 valence electrons. The number of nitrogens with zero attached hydrogens (tertiary/aromatic N) is 1. The van der Waals surface area contributed by atoms with E-state index in [4.69, 9.17) is 11.3 Å². The van der Waals surface area contributed by atoms with Crippen LogP contribution in [0.4, 0.5) is 0 Å². The number of ether oxygens (including phenoxy) is 1. The molecular formula is C33H47NO4. The lowest BCUT2D eigenvalue weighted by atomic mass is 9.32. The maximum Gasteiger partial charge on any atom is 0.226 e. The van der Waals surface area contributed by atoms with Gasteiger partial charge >= 0.3 is 0 Å². The van der Waals surface area contributed by atoms with Crippen LogP contribution in [-0.4, -0.2) is 31.1 Å². The summed E-state index contributed by atoms with van der Waals surface area (Å²) >= 11 is 0. The smallest absolute Gasteiger partial charge is 0.226 e. The van der Waals surface area contributed by atoms with Gasteiger partial charge in [0.2, 0.25) is 5.70 Å². The average Bonchev–Trinajstić information content (AvgIpc) is 2.82. The van der Waals surface area contributed by atoms with Gasteiger partial charge < -0.3 is 9.53 Å². The van der Waals surface area contributed by atoms with E-state index in [-0.39, 0.29) is 81.0 Å². The third-order valence-electron chi connectivity index (χ3n) is 13.0. The molecule has 5 heteroatoms. The van der Waals surface area contributed by atoms with E-state index in [2.05, 4.69) is 39.5 Å². The van der Waals surface area contributed by atoms with Crippen LogP contribution < -0.4 is 0 Å². The van der Waals surface area contributed by atoms with E-state index < -0.39 is 5.41 Å². The van der Waals surface area contributed by atoms with Crippen LogP contribution in [-0.2, 0) is 19.1 Å². The minimum atomic E-state index is -0.606. The van der Waals surface area contributed by atoms with Gasteiger partial charge in [0.15, 0.2) is 11.6 Å². The summed E-state index contributed by atoms with van der Waals surface area (Å²) < 4.78 is 5.28. The molecule has 0 aromatic carbocycles. The van der Waals surface area contributed by atoms with Gasteiger partial charge in [-0.15, -0.1) is 0 Å². The van der Waals surface area contributed by atoms with Gasteiger partial charge in [-0.2, -0.15) is 0 Å². The van der Waals surface area contributed by atoms with Crippen LogP contribution in [0.1, 0.15) is 93.4 Å². The van der Waals surface area contributed by atoms with Gasteiger partial charge in [-0.25, -0.2) is 4.85 Å².